The minimum atomic E-state index is -0.484. The molecule has 0 unspecified atom stereocenters. The number of carbonyl (C=O) groups is 1. The molecule has 2 aromatic rings. The zero-order chi connectivity index (χ0) is 12.4. The second-order valence-corrected chi connectivity index (χ2v) is 3.79. The summed E-state index contributed by atoms with van der Waals surface area (Å²) in [5.74, 6) is -0.484. The fourth-order valence-electron chi connectivity index (χ4n) is 1.72. The maximum absolute atomic E-state index is 11.3. The Labute approximate surface area is 99.0 Å². The zero-order valence-electron chi connectivity index (χ0n) is 9.18. The highest BCUT2D eigenvalue weighted by atomic mass is 16.1. The maximum Gasteiger partial charge on any atom is 0.249 e. The van der Waals surface area contributed by atoms with E-state index < -0.39 is 5.91 Å². The first-order valence-electron chi connectivity index (χ1n) is 5.13. The van der Waals surface area contributed by atoms with Gasteiger partial charge in [-0.3, -0.25) is 4.79 Å². The average molecular weight is 227 g/mol. The number of hydrogen-bond acceptors (Lipinski definition) is 3. The standard InChI is InChI=1S/C13H13N3O/c14-9-3-1-2-8(6-9)12-7-10(15)4-5-11(12)13(16)17/h1-7H,14-15H2,(H2,16,17). The van der Waals surface area contributed by atoms with Crippen LogP contribution in [0.15, 0.2) is 42.5 Å². The van der Waals surface area contributed by atoms with Crippen molar-refractivity contribution in [1.82, 2.24) is 0 Å². The number of amides is 1. The second-order valence-electron chi connectivity index (χ2n) is 3.79. The maximum atomic E-state index is 11.3. The van der Waals surface area contributed by atoms with Gasteiger partial charge in [-0.25, -0.2) is 0 Å². The van der Waals surface area contributed by atoms with Crippen LogP contribution in [-0.4, -0.2) is 5.91 Å². The first-order chi connectivity index (χ1) is 8.08. The highest BCUT2D eigenvalue weighted by Crippen LogP contribution is 2.27. The van der Waals surface area contributed by atoms with Crippen LogP contribution in [0.4, 0.5) is 11.4 Å². The SMILES string of the molecule is NC(=O)c1ccc(N)cc1-c1cccc(N)c1. The van der Waals surface area contributed by atoms with Crippen LogP contribution in [0.5, 0.6) is 0 Å². The van der Waals surface area contributed by atoms with E-state index in [2.05, 4.69) is 0 Å². The summed E-state index contributed by atoms with van der Waals surface area (Å²) in [6, 6.07) is 12.2. The monoisotopic (exact) mass is 227 g/mol. The Balaban J connectivity index is 2.65. The second kappa shape index (κ2) is 4.17. The number of carbonyl (C=O) groups excluding carboxylic acids is 1. The molecule has 86 valence electrons. The summed E-state index contributed by atoms with van der Waals surface area (Å²) in [7, 11) is 0. The van der Waals surface area contributed by atoms with E-state index in [1.165, 1.54) is 0 Å². The van der Waals surface area contributed by atoms with E-state index in [0.29, 0.717) is 22.5 Å². The molecule has 0 saturated carbocycles. The Bertz CT molecular complexity index is 579. The lowest BCUT2D eigenvalue weighted by atomic mass is 9.98. The van der Waals surface area contributed by atoms with Crippen LogP contribution in [-0.2, 0) is 0 Å². The largest absolute Gasteiger partial charge is 0.399 e. The van der Waals surface area contributed by atoms with Gasteiger partial charge in [0.1, 0.15) is 0 Å². The van der Waals surface area contributed by atoms with Crippen LogP contribution in [0.1, 0.15) is 10.4 Å². The molecule has 0 aliphatic heterocycles. The van der Waals surface area contributed by atoms with Crippen LogP contribution in [0.3, 0.4) is 0 Å². The number of rotatable bonds is 2. The Morgan fingerprint density at radius 3 is 2.29 bits per heavy atom. The van der Waals surface area contributed by atoms with Crippen molar-refractivity contribution in [3.63, 3.8) is 0 Å². The molecular weight excluding hydrogens is 214 g/mol. The van der Waals surface area contributed by atoms with Crippen LogP contribution < -0.4 is 17.2 Å². The Kier molecular flexibility index (Phi) is 2.70. The molecule has 17 heavy (non-hydrogen) atoms. The normalized spacial score (nSPS) is 10.1. The number of nitrogens with two attached hydrogens (primary N) is 3. The molecule has 0 saturated heterocycles. The molecule has 0 aliphatic carbocycles. The van der Waals surface area contributed by atoms with Gasteiger partial charge in [-0.15, -0.1) is 0 Å². The van der Waals surface area contributed by atoms with Crippen LogP contribution in [0.2, 0.25) is 0 Å². The van der Waals surface area contributed by atoms with E-state index >= 15 is 0 Å². The minimum Gasteiger partial charge on any atom is -0.399 e. The molecule has 4 heteroatoms. The predicted molar refractivity (Wildman–Crippen MR) is 69.2 cm³/mol. The number of nitrogen functional groups attached to an aromatic ring is 2. The van der Waals surface area contributed by atoms with E-state index in [1.807, 2.05) is 12.1 Å². The van der Waals surface area contributed by atoms with E-state index in [9.17, 15) is 4.79 Å². The van der Waals surface area contributed by atoms with Gasteiger partial charge in [0.2, 0.25) is 5.91 Å². The van der Waals surface area contributed by atoms with E-state index in [4.69, 9.17) is 17.2 Å². The van der Waals surface area contributed by atoms with Gasteiger partial charge >= 0.3 is 0 Å². The zero-order valence-corrected chi connectivity index (χ0v) is 9.18. The molecular formula is C13H13N3O. The van der Waals surface area contributed by atoms with Crippen molar-refractivity contribution in [2.45, 2.75) is 0 Å². The number of primary amides is 1. The van der Waals surface area contributed by atoms with Gasteiger partial charge in [-0.05, 0) is 41.5 Å². The lowest BCUT2D eigenvalue weighted by molar-refractivity contribution is 0.100. The Morgan fingerprint density at radius 1 is 0.941 bits per heavy atom. The molecule has 0 fully saturated rings. The number of anilines is 2. The number of hydrogen-bond donors (Lipinski definition) is 3. The van der Waals surface area contributed by atoms with Crippen molar-refractivity contribution in [3.05, 3.63) is 48.0 Å². The Hall–Kier alpha value is -2.49. The van der Waals surface area contributed by atoms with Crippen molar-refractivity contribution in [3.8, 4) is 11.1 Å². The summed E-state index contributed by atoms with van der Waals surface area (Å²) in [4.78, 5) is 11.3. The van der Waals surface area contributed by atoms with Crippen molar-refractivity contribution in [2.75, 3.05) is 11.5 Å². The molecule has 6 N–H and O–H groups in total. The molecule has 0 aliphatic rings. The van der Waals surface area contributed by atoms with Crippen molar-refractivity contribution < 1.29 is 4.79 Å². The molecule has 0 bridgehead atoms. The molecule has 0 heterocycles. The van der Waals surface area contributed by atoms with E-state index in [-0.39, 0.29) is 0 Å². The average Bonchev–Trinajstić information content (AvgIpc) is 2.28. The highest BCUT2D eigenvalue weighted by molar-refractivity contribution is 6.00. The summed E-state index contributed by atoms with van der Waals surface area (Å²) in [5.41, 5.74) is 19.9. The Morgan fingerprint density at radius 2 is 1.65 bits per heavy atom. The first kappa shape index (κ1) is 11.0. The van der Waals surface area contributed by atoms with Gasteiger partial charge in [0.15, 0.2) is 0 Å². The van der Waals surface area contributed by atoms with Crippen molar-refractivity contribution in [1.29, 1.82) is 0 Å². The molecule has 2 rings (SSSR count). The highest BCUT2D eigenvalue weighted by Gasteiger charge is 2.10. The predicted octanol–water partition coefficient (Wildman–Crippen LogP) is 1.62. The third-order valence-electron chi connectivity index (χ3n) is 2.51. The van der Waals surface area contributed by atoms with Crippen LogP contribution in [0.25, 0.3) is 11.1 Å². The third kappa shape index (κ3) is 2.20. The van der Waals surface area contributed by atoms with Crippen LogP contribution >= 0.6 is 0 Å². The van der Waals surface area contributed by atoms with Crippen molar-refractivity contribution >= 4 is 17.3 Å². The molecule has 0 spiro atoms. The minimum absolute atomic E-state index is 0.435. The molecule has 0 radical (unpaired) electrons. The number of benzene rings is 2. The summed E-state index contributed by atoms with van der Waals surface area (Å²) >= 11 is 0. The van der Waals surface area contributed by atoms with Gasteiger partial charge in [0.05, 0.1) is 0 Å². The molecule has 2 aromatic carbocycles. The fraction of sp³-hybridized carbons (Fsp3) is 0. The van der Waals surface area contributed by atoms with Gasteiger partial charge < -0.3 is 17.2 Å². The summed E-state index contributed by atoms with van der Waals surface area (Å²) < 4.78 is 0. The van der Waals surface area contributed by atoms with E-state index in [1.54, 1.807) is 30.3 Å². The molecule has 1 amide bonds. The van der Waals surface area contributed by atoms with Crippen molar-refractivity contribution in [2.24, 2.45) is 5.73 Å². The fourth-order valence-corrected chi connectivity index (χ4v) is 1.72. The van der Waals surface area contributed by atoms with Gasteiger partial charge in [0.25, 0.3) is 0 Å². The quantitative estimate of drug-likeness (QED) is 0.680. The topological polar surface area (TPSA) is 95.1 Å². The van der Waals surface area contributed by atoms with Gasteiger partial charge in [-0.1, -0.05) is 12.1 Å². The van der Waals surface area contributed by atoms with Crippen LogP contribution in [0, 0.1) is 0 Å². The van der Waals surface area contributed by atoms with Gasteiger partial charge in [-0.2, -0.15) is 0 Å². The molecule has 0 aromatic heterocycles. The van der Waals surface area contributed by atoms with E-state index in [0.717, 1.165) is 5.56 Å². The summed E-state index contributed by atoms with van der Waals surface area (Å²) in [6.45, 7) is 0. The lowest BCUT2D eigenvalue weighted by Gasteiger charge is -2.08. The molecule has 4 nitrogen and oxygen atoms in total. The third-order valence-corrected chi connectivity index (χ3v) is 2.51. The first-order valence-corrected chi connectivity index (χ1v) is 5.13. The lowest BCUT2D eigenvalue weighted by Crippen LogP contribution is -2.12. The summed E-state index contributed by atoms with van der Waals surface area (Å²) in [6.07, 6.45) is 0. The van der Waals surface area contributed by atoms with Gasteiger partial charge in [0, 0.05) is 16.9 Å². The smallest absolute Gasteiger partial charge is 0.249 e. The molecule has 0 atom stereocenters. The summed E-state index contributed by atoms with van der Waals surface area (Å²) in [5, 5.41) is 0.